The molecule has 1 aliphatic heterocycles. The number of nitrogens with two attached hydrogens (primary N) is 1. The van der Waals surface area contributed by atoms with Crippen molar-refractivity contribution in [3.05, 3.63) is 28.3 Å². The highest BCUT2D eigenvalue weighted by Gasteiger charge is 2.18. The first-order valence-electron chi connectivity index (χ1n) is 6.12. The van der Waals surface area contributed by atoms with Crippen LogP contribution in [0.15, 0.2) is 21.9 Å². The second-order valence-electron chi connectivity index (χ2n) is 4.38. The zero-order chi connectivity index (χ0) is 14.3. The van der Waals surface area contributed by atoms with Crippen molar-refractivity contribution in [3.8, 4) is 11.5 Å². The summed E-state index contributed by atoms with van der Waals surface area (Å²) in [5, 5.41) is 0.473. The average Bonchev–Trinajstić information content (AvgIpc) is 2.47. The van der Waals surface area contributed by atoms with Gasteiger partial charge in [0.05, 0.1) is 31.7 Å². The van der Waals surface area contributed by atoms with Gasteiger partial charge in [-0.15, -0.1) is 0 Å². The molecule has 0 fully saturated rings. The third-order valence-corrected chi connectivity index (χ3v) is 3.29. The van der Waals surface area contributed by atoms with Crippen molar-refractivity contribution < 1.29 is 9.47 Å². The maximum Gasteiger partial charge on any atom is 0.261 e. The maximum atomic E-state index is 12.5. The van der Waals surface area contributed by atoms with Gasteiger partial charge in [-0.1, -0.05) is 0 Å². The van der Waals surface area contributed by atoms with E-state index >= 15 is 0 Å². The molecule has 0 amide bonds. The van der Waals surface area contributed by atoms with Gasteiger partial charge < -0.3 is 15.2 Å². The lowest BCUT2D eigenvalue weighted by Gasteiger charge is -2.17. The molecule has 2 aromatic rings. The quantitative estimate of drug-likeness (QED) is 0.840. The van der Waals surface area contributed by atoms with E-state index in [1.54, 1.807) is 12.1 Å². The van der Waals surface area contributed by atoms with Crippen LogP contribution in [-0.2, 0) is 6.54 Å². The second-order valence-corrected chi connectivity index (χ2v) is 4.38. The molecule has 3 rings (SSSR count). The molecular weight excluding hydrogens is 260 g/mol. The molecule has 2 heterocycles. The Morgan fingerprint density at radius 3 is 2.65 bits per heavy atom. The molecule has 1 aliphatic rings. The molecule has 7 heteroatoms. The van der Waals surface area contributed by atoms with Gasteiger partial charge >= 0.3 is 0 Å². The van der Waals surface area contributed by atoms with Crippen molar-refractivity contribution in [2.75, 3.05) is 20.8 Å². The van der Waals surface area contributed by atoms with Crippen molar-refractivity contribution in [1.29, 1.82) is 0 Å². The summed E-state index contributed by atoms with van der Waals surface area (Å²) in [5.74, 6) is 1.70. The fourth-order valence-electron chi connectivity index (χ4n) is 2.29. The number of rotatable bonds is 2. The van der Waals surface area contributed by atoms with Gasteiger partial charge in [0, 0.05) is 12.6 Å². The predicted octanol–water partition coefficient (Wildman–Crippen LogP) is 0.133. The Kier molecular flexibility index (Phi) is 2.81. The van der Waals surface area contributed by atoms with Gasteiger partial charge in [0.15, 0.2) is 23.2 Å². The van der Waals surface area contributed by atoms with Gasteiger partial charge in [-0.2, -0.15) is 0 Å². The highest BCUT2D eigenvalue weighted by Crippen LogP contribution is 2.30. The minimum absolute atomic E-state index is 0.149. The van der Waals surface area contributed by atoms with E-state index in [0.717, 1.165) is 0 Å². The summed E-state index contributed by atoms with van der Waals surface area (Å²) in [4.78, 5) is 21.0. The van der Waals surface area contributed by atoms with Crippen LogP contribution in [0.1, 0.15) is 5.82 Å². The molecular formula is C13H14N4O3. The van der Waals surface area contributed by atoms with Gasteiger partial charge in [-0.05, 0) is 6.07 Å². The van der Waals surface area contributed by atoms with E-state index in [4.69, 9.17) is 15.2 Å². The van der Waals surface area contributed by atoms with Crippen molar-refractivity contribution in [2.24, 2.45) is 10.7 Å². The monoisotopic (exact) mass is 274 g/mol. The highest BCUT2D eigenvalue weighted by molar-refractivity contribution is 5.96. The number of fused-ring (bicyclic) bond motifs is 2. The van der Waals surface area contributed by atoms with Crippen LogP contribution in [-0.4, -0.2) is 36.2 Å². The lowest BCUT2D eigenvalue weighted by atomic mass is 10.2. The Hall–Kier alpha value is -2.57. The summed E-state index contributed by atoms with van der Waals surface area (Å²) in [6.07, 6.45) is 0. The number of ether oxygens (including phenoxy) is 2. The molecule has 0 unspecified atom stereocenters. The van der Waals surface area contributed by atoms with E-state index in [1.807, 2.05) is 0 Å². The van der Waals surface area contributed by atoms with Gasteiger partial charge in [0.1, 0.15) is 0 Å². The van der Waals surface area contributed by atoms with Crippen LogP contribution >= 0.6 is 0 Å². The van der Waals surface area contributed by atoms with Crippen LogP contribution in [0.25, 0.3) is 10.9 Å². The van der Waals surface area contributed by atoms with Crippen LogP contribution < -0.4 is 20.8 Å². The lowest BCUT2D eigenvalue weighted by molar-refractivity contribution is 0.355. The molecule has 0 spiro atoms. The molecule has 0 radical (unpaired) electrons. The van der Waals surface area contributed by atoms with E-state index < -0.39 is 0 Å². The average molecular weight is 274 g/mol. The summed E-state index contributed by atoms with van der Waals surface area (Å²) in [5.41, 5.74) is 6.17. The normalized spacial score (nSPS) is 13.8. The van der Waals surface area contributed by atoms with Gasteiger partial charge in [0.25, 0.3) is 5.56 Å². The molecule has 0 bridgehead atoms. The topological polar surface area (TPSA) is 91.7 Å². The first-order chi connectivity index (χ1) is 9.65. The molecule has 0 saturated carbocycles. The third-order valence-electron chi connectivity index (χ3n) is 3.29. The number of hydrogen-bond donors (Lipinski definition) is 1. The van der Waals surface area contributed by atoms with Crippen molar-refractivity contribution >= 4 is 16.7 Å². The number of hydrogen-bond acceptors (Lipinski definition) is 6. The third kappa shape index (κ3) is 1.70. The minimum atomic E-state index is -0.149. The van der Waals surface area contributed by atoms with Crippen LogP contribution in [0.5, 0.6) is 11.5 Å². The smallest absolute Gasteiger partial charge is 0.261 e. The molecule has 0 aliphatic carbocycles. The SMILES string of the molecule is COc1cc2nc3n(c(=O)c2cc1OC)CCN=C3N. The Balaban J connectivity index is 2.38. The maximum absolute atomic E-state index is 12.5. The fourth-order valence-corrected chi connectivity index (χ4v) is 2.29. The number of aromatic nitrogens is 2. The Bertz CT molecular complexity index is 779. The van der Waals surface area contributed by atoms with E-state index in [9.17, 15) is 4.79 Å². The van der Waals surface area contributed by atoms with E-state index in [1.165, 1.54) is 18.8 Å². The molecule has 7 nitrogen and oxygen atoms in total. The Labute approximate surface area is 114 Å². The number of nitrogens with zero attached hydrogens (tertiary/aromatic N) is 3. The largest absolute Gasteiger partial charge is 0.493 e. The molecule has 2 N–H and O–H groups in total. The fraction of sp³-hybridized carbons (Fsp3) is 0.308. The molecule has 1 aromatic heterocycles. The van der Waals surface area contributed by atoms with E-state index in [0.29, 0.717) is 41.3 Å². The van der Waals surface area contributed by atoms with E-state index in [-0.39, 0.29) is 11.4 Å². The van der Waals surface area contributed by atoms with Crippen LogP contribution in [0, 0.1) is 0 Å². The summed E-state index contributed by atoms with van der Waals surface area (Å²) in [7, 11) is 3.06. The molecule has 1 aromatic carbocycles. The highest BCUT2D eigenvalue weighted by atomic mass is 16.5. The zero-order valence-electron chi connectivity index (χ0n) is 11.2. The van der Waals surface area contributed by atoms with Gasteiger partial charge in [0.2, 0.25) is 0 Å². The summed E-state index contributed by atoms with van der Waals surface area (Å²) < 4.78 is 12.0. The zero-order valence-corrected chi connectivity index (χ0v) is 11.2. The van der Waals surface area contributed by atoms with Crippen LogP contribution in [0.4, 0.5) is 0 Å². The number of aliphatic imine (C=N–C) groups is 1. The first-order valence-corrected chi connectivity index (χ1v) is 6.12. The van der Waals surface area contributed by atoms with Crippen molar-refractivity contribution in [1.82, 2.24) is 9.55 Å². The lowest BCUT2D eigenvalue weighted by Crippen LogP contribution is -2.35. The number of benzene rings is 1. The molecule has 0 saturated heterocycles. The predicted molar refractivity (Wildman–Crippen MR) is 74.7 cm³/mol. The Morgan fingerprint density at radius 2 is 1.95 bits per heavy atom. The standard InChI is InChI=1S/C13H14N4O3/c1-19-9-5-7-8(6-10(9)20-2)16-12-11(14)15-3-4-17(12)13(7)18/h5-6H,3-4H2,1-2H3,(H2,14,15). The van der Waals surface area contributed by atoms with Gasteiger partial charge in [-0.3, -0.25) is 14.4 Å². The second kappa shape index (κ2) is 4.52. The van der Waals surface area contributed by atoms with E-state index in [2.05, 4.69) is 9.98 Å². The summed E-state index contributed by atoms with van der Waals surface area (Å²) in [6.45, 7) is 0.964. The van der Waals surface area contributed by atoms with Gasteiger partial charge in [-0.25, -0.2) is 4.98 Å². The summed E-state index contributed by atoms with van der Waals surface area (Å²) in [6, 6.07) is 3.30. The van der Waals surface area contributed by atoms with Crippen LogP contribution in [0.2, 0.25) is 0 Å². The summed E-state index contributed by atoms with van der Waals surface area (Å²) >= 11 is 0. The first kappa shape index (κ1) is 12.5. The molecule has 104 valence electrons. The van der Waals surface area contributed by atoms with Crippen molar-refractivity contribution in [3.63, 3.8) is 0 Å². The van der Waals surface area contributed by atoms with Crippen molar-refractivity contribution in [2.45, 2.75) is 6.54 Å². The minimum Gasteiger partial charge on any atom is -0.493 e. The van der Waals surface area contributed by atoms with Crippen LogP contribution in [0.3, 0.4) is 0 Å². The Morgan fingerprint density at radius 1 is 1.25 bits per heavy atom. The molecule has 20 heavy (non-hydrogen) atoms. The number of methoxy groups -OCH3 is 2. The molecule has 0 atom stereocenters. The number of amidine groups is 1.